The van der Waals surface area contributed by atoms with Crippen LogP contribution in [0.3, 0.4) is 0 Å². The summed E-state index contributed by atoms with van der Waals surface area (Å²) in [7, 11) is -3.94. The minimum atomic E-state index is -4.51. The van der Waals surface area contributed by atoms with Crippen LogP contribution >= 0.6 is 11.3 Å². The van der Waals surface area contributed by atoms with E-state index >= 15 is 0 Å². The molecule has 0 saturated carbocycles. The van der Waals surface area contributed by atoms with Gasteiger partial charge in [0.05, 0.1) is 16.5 Å². The first kappa shape index (κ1) is 21.2. The molecule has 154 valence electrons. The molecule has 2 heterocycles. The largest absolute Gasteiger partial charge is 0.416 e. The van der Waals surface area contributed by atoms with Crippen LogP contribution < -0.4 is 0 Å². The van der Waals surface area contributed by atoms with Crippen molar-refractivity contribution in [2.24, 2.45) is 0 Å². The Balaban J connectivity index is 1.93. The fourth-order valence-electron chi connectivity index (χ4n) is 3.06. The molecule has 0 amide bonds. The van der Waals surface area contributed by atoms with Gasteiger partial charge in [-0.05, 0) is 37.1 Å². The second-order valence-corrected chi connectivity index (χ2v) is 10.7. The number of halogens is 3. The third-order valence-electron chi connectivity index (χ3n) is 4.61. The van der Waals surface area contributed by atoms with E-state index in [1.54, 1.807) is 0 Å². The lowest BCUT2D eigenvalue weighted by Gasteiger charge is -2.33. The summed E-state index contributed by atoms with van der Waals surface area (Å²) in [6.45, 7) is 6.33. The van der Waals surface area contributed by atoms with Crippen molar-refractivity contribution in [2.45, 2.75) is 62.6 Å². The highest BCUT2D eigenvalue weighted by Gasteiger charge is 2.38. The molecule has 1 aliphatic heterocycles. The Kier molecular flexibility index (Phi) is 5.59. The number of benzene rings is 1. The third kappa shape index (κ3) is 4.23. The molecular formula is C18H22F3N3O2S2. The van der Waals surface area contributed by atoms with E-state index in [9.17, 15) is 21.6 Å². The molecule has 1 atom stereocenters. The minimum absolute atomic E-state index is 0.145. The Bertz CT molecular complexity index is 932. The zero-order chi connectivity index (χ0) is 20.7. The van der Waals surface area contributed by atoms with Crippen molar-refractivity contribution in [1.29, 1.82) is 0 Å². The van der Waals surface area contributed by atoms with E-state index in [1.165, 1.54) is 15.6 Å². The van der Waals surface area contributed by atoms with Crippen molar-refractivity contribution in [3.8, 4) is 0 Å². The molecule has 3 rings (SSSR count). The highest BCUT2D eigenvalue weighted by atomic mass is 32.2. The van der Waals surface area contributed by atoms with E-state index in [0.717, 1.165) is 35.7 Å². The Labute approximate surface area is 166 Å². The lowest BCUT2D eigenvalue weighted by molar-refractivity contribution is -0.137. The maximum atomic E-state index is 13.1. The van der Waals surface area contributed by atoms with Crippen molar-refractivity contribution in [1.82, 2.24) is 14.5 Å². The molecule has 1 saturated heterocycles. The van der Waals surface area contributed by atoms with Gasteiger partial charge in [-0.1, -0.05) is 38.5 Å². The molecule has 0 radical (unpaired) electrons. The molecule has 0 aliphatic carbocycles. The van der Waals surface area contributed by atoms with Crippen LogP contribution in [0.1, 0.15) is 61.7 Å². The molecule has 0 N–H and O–H groups in total. The summed E-state index contributed by atoms with van der Waals surface area (Å²) in [5.41, 5.74) is -1.07. The van der Waals surface area contributed by atoms with Crippen LogP contribution in [0.25, 0.3) is 0 Å². The molecule has 0 spiro atoms. The standard InChI is InChI=1S/C18H22F3N3O2S2/c1-17(2,3)16-23-22-15(27-16)14-6-4-5-11-24(14)28(25,26)13-9-7-12(8-10-13)18(19,20)21/h7-10,14H,4-6,11H2,1-3H3. The van der Waals surface area contributed by atoms with Gasteiger partial charge in [0.2, 0.25) is 10.0 Å². The van der Waals surface area contributed by atoms with Gasteiger partial charge in [-0.3, -0.25) is 0 Å². The van der Waals surface area contributed by atoms with Gasteiger partial charge in [0.15, 0.2) is 0 Å². The number of piperidine rings is 1. The smallest absolute Gasteiger partial charge is 0.207 e. The lowest BCUT2D eigenvalue weighted by Crippen LogP contribution is -2.38. The molecule has 10 heteroatoms. The van der Waals surface area contributed by atoms with Crippen LogP contribution in [0.15, 0.2) is 29.2 Å². The average Bonchev–Trinajstić information content (AvgIpc) is 3.11. The Morgan fingerprint density at radius 2 is 1.71 bits per heavy atom. The van der Waals surface area contributed by atoms with Crippen molar-refractivity contribution in [2.75, 3.05) is 6.54 Å². The number of rotatable bonds is 3. The fraction of sp³-hybridized carbons (Fsp3) is 0.556. The molecule has 1 fully saturated rings. The van der Waals surface area contributed by atoms with Gasteiger partial charge in [0, 0.05) is 12.0 Å². The molecule has 1 aromatic carbocycles. The van der Waals surface area contributed by atoms with Gasteiger partial charge in [0.1, 0.15) is 10.0 Å². The summed E-state index contributed by atoms with van der Waals surface area (Å²) in [4.78, 5) is -0.145. The first-order valence-corrected chi connectivity index (χ1v) is 11.2. The first-order valence-electron chi connectivity index (χ1n) is 8.94. The van der Waals surface area contributed by atoms with Gasteiger partial charge >= 0.3 is 6.18 Å². The number of hydrogen-bond acceptors (Lipinski definition) is 5. The average molecular weight is 434 g/mol. The molecule has 5 nitrogen and oxygen atoms in total. The number of sulfonamides is 1. The van der Waals surface area contributed by atoms with Crippen molar-refractivity contribution in [3.63, 3.8) is 0 Å². The predicted molar refractivity (Wildman–Crippen MR) is 101 cm³/mol. The van der Waals surface area contributed by atoms with Gasteiger partial charge in [-0.2, -0.15) is 17.5 Å². The fourth-order valence-corrected chi connectivity index (χ4v) is 5.84. The van der Waals surface area contributed by atoms with E-state index in [2.05, 4.69) is 10.2 Å². The summed E-state index contributed by atoms with van der Waals surface area (Å²) in [5.74, 6) is 0. The van der Waals surface area contributed by atoms with Crippen molar-refractivity contribution >= 4 is 21.4 Å². The number of nitrogens with zero attached hydrogens (tertiary/aromatic N) is 3. The topological polar surface area (TPSA) is 63.2 Å². The van der Waals surface area contributed by atoms with Crippen LogP contribution in [-0.2, 0) is 21.6 Å². The van der Waals surface area contributed by atoms with E-state index < -0.39 is 27.8 Å². The maximum absolute atomic E-state index is 13.1. The lowest BCUT2D eigenvalue weighted by atomic mass is 9.98. The summed E-state index contributed by atoms with van der Waals surface area (Å²) in [6, 6.07) is 3.19. The second kappa shape index (κ2) is 7.38. The molecule has 1 aliphatic rings. The van der Waals surface area contributed by atoms with Crippen molar-refractivity contribution in [3.05, 3.63) is 39.8 Å². The van der Waals surface area contributed by atoms with Crippen LogP contribution in [-0.4, -0.2) is 29.5 Å². The molecule has 2 aromatic rings. The number of hydrogen-bond donors (Lipinski definition) is 0. The predicted octanol–water partition coefficient (Wildman–Crippen LogP) is 4.77. The molecule has 1 unspecified atom stereocenters. The molecular weight excluding hydrogens is 411 g/mol. The van der Waals surface area contributed by atoms with Gasteiger partial charge in [-0.15, -0.1) is 10.2 Å². The quantitative estimate of drug-likeness (QED) is 0.700. The van der Waals surface area contributed by atoms with Crippen LogP contribution in [0.5, 0.6) is 0 Å². The normalized spacial score (nSPS) is 19.7. The summed E-state index contributed by atoms with van der Waals surface area (Å²) in [6.07, 6.45) is -2.35. The zero-order valence-electron chi connectivity index (χ0n) is 15.8. The van der Waals surface area contributed by atoms with Crippen molar-refractivity contribution < 1.29 is 21.6 Å². The molecule has 28 heavy (non-hydrogen) atoms. The molecule has 1 aromatic heterocycles. The van der Waals surface area contributed by atoms with Gasteiger partial charge < -0.3 is 0 Å². The van der Waals surface area contributed by atoms with E-state index in [-0.39, 0.29) is 10.3 Å². The Hall–Kier alpha value is -1.52. The van der Waals surface area contributed by atoms with E-state index in [0.29, 0.717) is 24.4 Å². The summed E-state index contributed by atoms with van der Waals surface area (Å²) >= 11 is 1.39. The highest BCUT2D eigenvalue weighted by Crippen LogP contribution is 2.39. The summed E-state index contributed by atoms with van der Waals surface area (Å²) < 4.78 is 66.0. The number of alkyl halides is 3. The van der Waals surface area contributed by atoms with E-state index in [4.69, 9.17) is 0 Å². The van der Waals surface area contributed by atoms with Crippen LogP contribution in [0, 0.1) is 0 Å². The maximum Gasteiger partial charge on any atom is 0.416 e. The summed E-state index contributed by atoms with van der Waals surface area (Å²) in [5, 5.41) is 9.88. The Morgan fingerprint density at radius 1 is 1.07 bits per heavy atom. The third-order valence-corrected chi connectivity index (χ3v) is 7.98. The SMILES string of the molecule is CC(C)(C)c1nnc(C2CCCCN2S(=O)(=O)c2ccc(C(F)(F)F)cc2)s1. The zero-order valence-corrected chi connectivity index (χ0v) is 17.5. The highest BCUT2D eigenvalue weighted by molar-refractivity contribution is 7.89. The van der Waals surface area contributed by atoms with Crippen LogP contribution in [0.2, 0.25) is 0 Å². The molecule has 0 bridgehead atoms. The Morgan fingerprint density at radius 3 is 2.25 bits per heavy atom. The van der Waals surface area contributed by atoms with Crippen LogP contribution in [0.4, 0.5) is 13.2 Å². The monoisotopic (exact) mass is 433 g/mol. The van der Waals surface area contributed by atoms with Gasteiger partial charge in [0.25, 0.3) is 0 Å². The number of aromatic nitrogens is 2. The van der Waals surface area contributed by atoms with E-state index in [1.807, 2.05) is 20.8 Å². The minimum Gasteiger partial charge on any atom is -0.207 e. The van der Waals surface area contributed by atoms with Gasteiger partial charge in [-0.25, -0.2) is 8.42 Å². The second-order valence-electron chi connectivity index (χ2n) is 7.84. The first-order chi connectivity index (χ1) is 12.9.